The number of nitrogens with one attached hydrogen (secondary N) is 1. The molecule has 1 unspecified atom stereocenters. The Balaban J connectivity index is 1.55. The Morgan fingerprint density at radius 3 is 2.24 bits per heavy atom. The minimum absolute atomic E-state index is 0.177. The normalized spacial score (nSPS) is 13.4. The highest BCUT2D eigenvalue weighted by Crippen LogP contribution is 2.32. The Morgan fingerprint density at radius 2 is 1.48 bits per heavy atom. The third kappa shape index (κ3) is 3.99. The Labute approximate surface area is 169 Å². The van der Waals surface area contributed by atoms with Crippen molar-refractivity contribution in [2.45, 2.75) is 13.0 Å². The van der Waals surface area contributed by atoms with E-state index in [1.165, 1.54) is 0 Å². The number of fused-ring (bicyclic) bond motifs is 1. The Hall–Kier alpha value is -3.60. The number of benzene rings is 3. The van der Waals surface area contributed by atoms with E-state index in [9.17, 15) is 9.59 Å². The summed E-state index contributed by atoms with van der Waals surface area (Å²) in [5.74, 6) is 0.905. The van der Waals surface area contributed by atoms with Crippen molar-refractivity contribution < 1.29 is 19.1 Å². The molecule has 0 bridgehead atoms. The number of hydrogen-bond donors (Lipinski definition) is 1. The predicted molar refractivity (Wildman–Crippen MR) is 110 cm³/mol. The summed E-state index contributed by atoms with van der Waals surface area (Å²) in [7, 11) is 0. The van der Waals surface area contributed by atoms with Crippen LogP contribution in [0.3, 0.4) is 0 Å². The first-order chi connectivity index (χ1) is 14.1. The Bertz CT molecular complexity index is 1050. The smallest absolute Gasteiger partial charge is 0.252 e. The zero-order valence-corrected chi connectivity index (χ0v) is 16.1. The van der Waals surface area contributed by atoms with Crippen molar-refractivity contribution >= 4 is 11.7 Å². The first-order valence-corrected chi connectivity index (χ1v) is 9.52. The summed E-state index contributed by atoms with van der Waals surface area (Å²) in [5.41, 5.74) is 2.18. The molecule has 1 atom stereocenters. The summed E-state index contributed by atoms with van der Waals surface area (Å²) in [4.78, 5) is 25.8. The van der Waals surface area contributed by atoms with E-state index in [4.69, 9.17) is 9.47 Å². The summed E-state index contributed by atoms with van der Waals surface area (Å²) >= 11 is 0. The number of hydrogen-bond acceptors (Lipinski definition) is 4. The van der Waals surface area contributed by atoms with Crippen molar-refractivity contribution in [2.24, 2.45) is 0 Å². The van der Waals surface area contributed by atoms with Crippen molar-refractivity contribution in [2.75, 3.05) is 13.2 Å². The molecule has 0 saturated heterocycles. The van der Waals surface area contributed by atoms with Crippen molar-refractivity contribution in [3.63, 3.8) is 0 Å². The molecule has 146 valence electrons. The number of ketones is 1. The number of rotatable bonds is 5. The van der Waals surface area contributed by atoms with Crippen molar-refractivity contribution in [3.05, 3.63) is 95.1 Å². The first-order valence-electron chi connectivity index (χ1n) is 9.52. The maximum atomic E-state index is 13.0. The van der Waals surface area contributed by atoms with Crippen LogP contribution in [0.2, 0.25) is 0 Å². The van der Waals surface area contributed by atoms with Gasteiger partial charge in [-0.2, -0.15) is 0 Å². The molecule has 0 aromatic heterocycles. The Kier molecular flexibility index (Phi) is 5.29. The molecule has 3 aromatic carbocycles. The van der Waals surface area contributed by atoms with Gasteiger partial charge >= 0.3 is 0 Å². The number of carbonyl (C=O) groups excluding carboxylic acids is 2. The maximum absolute atomic E-state index is 13.0. The van der Waals surface area contributed by atoms with Crippen molar-refractivity contribution in [1.82, 2.24) is 5.32 Å². The molecular weight excluding hydrogens is 366 g/mol. The fraction of sp³-hybridized carbons (Fsp3) is 0.167. The lowest BCUT2D eigenvalue weighted by atomic mass is 9.97. The van der Waals surface area contributed by atoms with Crippen LogP contribution in [0.4, 0.5) is 0 Å². The molecule has 5 heteroatoms. The number of carbonyl (C=O) groups is 2. The van der Waals surface area contributed by atoms with E-state index in [-0.39, 0.29) is 17.7 Å². The molecule has 0 saturated carbocycles. The van der Waals surface area contributed by atoms with Gasteiger partial charge in [0.05, 0.1) is 11.6 Å². The molecule has 3 aromatic rings. The van der Waals surface area contributed by atoms with Gasteiger partial charge in [-0.05, 0) is 30.7 Å². The molecule has 1 amide bonds. The number of amides is 1. The first kappa shape index (κ1) is 18.7. The summed E-state index contributed by atoms with van der Waals surface area (Å²) < 4.78 is 11.2. The van der Waals surface area contributed by atoms with Crippen molar-refractivity contribution in [1.29, 1.82) is 0 Å². The molecule has 0 spiro atoms. The van der Waals surface area contributed by atoms with Gasteiger partial charge in [-0.3, -0.25) is 9.59 Å². The van der Waals surface area contributed by atoms with Gasteiger partial charge in [-0.1, -0.05) is 54.6 Å². The Morgan fingerprint density at radius 1 is 0.828 bits per heavy atom. The molecular formula is C24H21NO4. The monoisotopic (exact) mass is 387 g/mol. The minimum atomic E-state index is -0.299. The highest BCUT2D eigenvalue weighted by molar-refractivity contribution is 6.15. The van der Waals surface area contributed by atoms with Crippen LogP contribution in [-0.4, -0.2) is 24.9 Å². The lowest BCUT2D eigenvalue weighted by Crippen LogP contribution is -2.28. The average Bonchev–Trinajstić information content (AvgIpc) is 2.78. The summed E-state index contributed by atoms with van der Waals surface area (Å²) in [5, 5.41) is 2.98. The third-order valence-electron chi connectivity index (χ3n) is 4.87. The van der Waals surface area contributed by atoms with Crippen LogP contribution >= 0.6 is 0 Å². The second-order valence-electron chi connectivity index (χ2n) is 6.84. The second kappa shape index (κ2) is 8.19. The zero-order chi connectivity index (χ0) is 20.2. The maximum Gasteiger partial charge on any atom is 0.252 e. The molecule has 1 aliphatic heterocycles. The quantitative estimate of drug-likeness (QED) is 0.667. The van der Waals surface area contributed by atoms with Crippen LogP contribution < -0.4 is 14.8 Å². The van der Waals surface area contributed by atoms with Gasteiger partial charge < -0.3 is 14.8 Å². The molecule has 0 fully saturated rings. The molecule has 5 nitrogen and oxygen atoms in total. The predicted octanol–water partition coefficient (Wildman–Crippen LogP) is 4.18. The van der Waals surface area contributed by atoms with Crippen LogP contribution in [0.15, 0.2) is 72.8 Å². The molecule has 0 aliphatic carbocycles. The van der Waals surface area contributed by atoms with Crippen LogP contribution in [0, 0.1) is 0 Å². The van der Waals surface area contributed by atoms with E-state index < -0.39 is 0 Å². The van der Waals surface area contributed by atoms with Gasteiger partial charge in [0.15, 0.2) is 17.3 Å². The second-order valence-corrected chi connectivity index (χ2v) is 6.84. The summed E-state index contributed by atoms with van der Waals surface area (Å²) in [6.07, 6.45) is 0. The highest BCUT2D eigenvalue weighted by atomic mass is 16.6. The van der Waals surface area contributed by atoms with Crippen LogP contribution in [0.1, 0.15) is 44.8 Å². The fourth-order valence-electron chi connectivity index (χ4n) is 3.31. The minimum Gasteiger partial charge on any atom is -0.486 e. The standard InChI is InChI=1S/C24H21NO4/c1-16(18-11-12-21-22(15-18)29-14-13-28-21)25-24(27)20-10-6-5-9-19(20)23(26)17-7-3-2-4-8-17/h2-12,15-16H,13-14H2,1H3,(H,25,27). The lowest BCUT2D eigenvalue weighted by molar-refractivity contribution is 0.0929. The molecule has 1 heterocycles. The zero-order valence-electron chi connectivity index (χ0n) is 16.1. The SMILES string of the molecule is CC(NC(=O)c1ccccc1C(=O)c1ccccc1)c1ccc2c(c1)OCCO2. The van der Waals surface area contributed by atoms with Gasteiger partial charge in [0.25, 0.3) is 5.91 Å². The summed E-state index contributed by atoms with van der Waals surface area (Å²) in [6.45, 7) is 2.93. The van der Waals surface area contributed by atoms with Crippen LogP contribution in [-0.2, 0) is 0 Å². The van der Waals surface area contributed by atoms with E-state index in [1.807, 2.05) is 31.2 Å². The molecule has 1 aliphatic rings. The van der Waals surface area contributed by atoms with Crippen molar-refractivity contribution in [3.8, 4) is 11.5 Å². The van der Waals surface area contributed by atoms with E-state index in [2.05, 4.69) is 5.32 Å². The molecule has 4 rings (SSSR count). The fourth-order valence-corrected chi connectivity index (χ4v) is 3.31. The largest absolute Gasteiger partial charge is 0.486 e. The lowest BCUT2D eigenvalue weighted by Gasteiger charge is -2.21. The van der Waals surface area contributed by atoms with E-state index in [0.29, 0.717) is 41.4 Å². The molecule has 0 radical (unpaired) electrons. The van der Waals surface area contributed by atoms with Gasteiger partial charge in [-0.15, -0.1) is 0 Å². The van der Waals surface area contributed by atoms with Crippen LogP contribution in [0.25, 0.3) is 0 Å². The van der Waals surface area contributed by atoms with Gasteiger partial charge in [0, 0.05) is 11.1 Å². The third-order valence-corrected chi connectivity index (χ3v) is 4.87. The highest BCUT2D eigenvalue weighted by Gasteiger charge is 2.20. The van der Waals surface area contributed by atoms with E-state index in [1.54, 1.807) is 48.5 Å². The van der Waals surface area contributed by atoms with E-state index in [0.717, 1.165) is 5.56 Å². The van der Waals surface area contributed by atoms with Gasteiger partial charge in [-0.25, -0.2) is 0 Å². The number of ether oxygens (including phenoxy) is 2. The molecule has 1 N–H and O–H groups in total. The molecule has 29 heavy (non-hydrogen) atoms. The van der Waals surface area contributed by atoms with E-state index >= 15 is 0 Å². The van der Waals surface area contributed by atoms with Gasteiger partial charge in [0.2, 0.25) is 0 Å². The summed E-state index contributed by atoms with van der Waals surface area (Å²) in [6, 6.07) is 21.2. The van der Waals surface area contributed by atoms with Crippen LogP contribution in [0.5, 0.6) is 11.5 Å². The average molecular weight is 387 g/mol. The van der Waals surface area contributed by atoms with Gasteiger partial charge in [0.1, 0.15) is 13.2 Å². The topological polar surface area (TPSA) is 64.6 Å².